The summed E-state index contributed by atoms with van der Waals surface area (Å²) in [5, 5.41) is 3.02. The zero-order chi connectivity index (χ0) is 18.6. The van der Waals surface area contributed by atoms with Gasteiger partial charge in [-0.1, -0.05) is 42.5 Å². The van der Waals surface area contributed by atoms with Gasteiger partial charge in [-0.15, -0.1) is 0 Å². The number of fused-ring (bicyclic) bond motifs is 1. The average molecular weight is 357 g/mol. The molecule has 4 nitrogen and oxygen atoms in total. The van der Waals surface area contributed by atoms with Crippen molar-refractivity contribution in [1.29, 1.82) is 0 Å². The molecule has 136 valence electrons. The molecule has 0 radical (unpaired) electrons. The molecule has 4 rings (SSSR count). The zero-order valence-electron chi connectivity index (χ0n) is 15.5. The Morgan fingerprint density at radius 1 is 1.11 bits per heavy atom. The van der Waals surface area contributed by atoms with Crippen molar-refractivity contribution < 1.29 is 4.79 Å². The number of hydrogen-bond acceptors (Lipinski definition) is 3. The van der Waals surface area contributed by atoms with Crippen LogP contribution in [0.25, 0.3) is 0 Å². The minimum atomic E-state index is -0.0767. The number of rotatable bonds is 4. The SMILES string of the molecule is Cc1ccccc1CNC(=O)c1ccnc(N2CCCc3ccccc32)c1. The van der Waals surface area contributed by atoms with Crippen LogP contribution in [0.3, 0.4) is 0 Å². The Kier molecular flexibility index (Phi) is 4.88. The summed E-state index contributed by atoms with van der Waals surface area (Å²) in [6, 6.07) is 20.2. The highest BCUT2D eigenvalue weighted by molar-refractivity contribution is 5.95. The van der Waals surface area contributed by atoms with Crippen LogP contribution in [0.2, 0.25) is 0 Å². The first kappa shape index (κ1) is 17.3. The van der Waals surface area contributed by atoms with Crippen molar-refractivity contribution in [2.24, 2.45) is 0 Å². The predicted molar refractivity (Wildman–Crippen MR) is 108 cm³/mol. The molecule has 0 bridgehead atoms. The summed E-state index contributed by atoms with van der Waals surface area (Å²) < 4.78 is 0. The summed E-state index contributed by atoms with van der Waals surface area (Å²) >= 11 is 0. The molecule has 0 atom stereocenters. The van der Waals surface area contributed by atoms with Gasteiger partial charge in [0.2, 0.25) is 0 Å². The van der Waals surface area contributed by atoms with Gasteiger partial charge in [0.25, 0.3) is 5.91 Å². The van der Waals surface area contributed by atoms with Crippen LogP contribution < -0.4 is 10.2 Å². The first-order chi connectivity index (χ1) is 13.2. The predicted octanol–water partition coefficient (Wildman–Crippen LogP) is 4.40. The molecular formula is C23H23N3O. The average Bonchev–Trinajstić information content (AvgIpc) is 2.72. The number of nitrogens with zero attached hydrogens (tertiary/aromatic N) is 2. The number of nitrogens with one attached hydrogen (secondary N) is 1. The van der Waals surface area contributed by atoms with Gasteiger partial charge in [0, 0.05) is 30.5 Å². The van der Waals surface area contributed by atoms with Gasteiger partial charge in [-0.2, -0.15) is 0 Å². The Balaban J connectivity index is 1.53. The Labute approximate surface area is 159 Å². The molecule has 4 heteroatoms. The normalized spacial score (nSPS) is 13.1. The number of anilines is 2. The molecular weight excluding hydrogens is 334 g/mol. The molecule has 1 aromatic heterocycles. The van der Waals surface area contributed by atoms with Crippen molar-refractivity contribution in [3.8, 4) is 0 Å². The van der Waals surface area contributed by atoms with Crippen LogP contribution in [0.4, 0.5) is 11.5 Å². The molecule has 0 fully saturated rings. The van der Waals surface area contributed by atoms with E-state index in [1.54, 1.807) is 12.3 Å². The van der Waals surface area contributed by atoms with Crippen molar-refractivity contribution in [2.75, 3.05) is 11.4 Å². The van der Waals surface area contributed by atoms with E-state index in [9.17, 15) is 4.79 Å². The maximum Gasteiger partial charge on any atom is 0.251 e. The van der Waals surface area contributed by atoms with Gasteiger partial charge < -0.3 is 10.2 Å². The van der Waals surface area contributed by atoms with Crippen molar-refractivity contribution in [3.63, 3.8) is 0 Å². The van der Waals surface area contributed by atoms with Crippen LogP contribution in [-0.2, 0) is 13.0 Å². The van der Waals surface area contributed by atoms with Crippen molar-refractivity contribution in [3.05, 3.63) is 89.1 Å². The summed E-state index contributed by atoms with van der Waals surface area (Å²) in [5.41, 5.74) is 5.47. The number of amides is 1. The Morgan fingerprint density at radius 3 is 2.81 bits per heavy atom. The summed E-state index contributed by atoms with van der Waals surface area (Å²) in [7, 11) is 0. The third-order valence-electron chi connectivity index (χ3n) is 5.10. The fraction of sp³-hybridized carbons (Fsp3) is 0.217. The van der Waals surface area contributed by atoms with E-state index < -0.39 is 0 Å². The quantitative estimate of drug-likeness (QED) is 0.752. The molecule has 0 aliphatic carbocycles. The highest BCUT2D eigenvalue weighted by Crippen LogP contribution is 2.32. The van der Waals surface area contributed by atoms with Crippen LogP contribution in [0, 0.1) is 6.92 Å². The van der Waals surface area contributed by atoms with E-state index in [4.69, 9.17) is 0 Å². The number of para-hydroxylation sites is 1. The number of pyridine rings is 1. The smallest absolute Gasteiger partial charge is 0.251 e. The summed E-state index contributed by atoms with van der Waals surface area (Å²) in [5.74, 6) is 0.748. The lowest BCUT2D eigenvalue weighted by atomic mass is 10.0. The number of hydrogen-bond donors (Lipinski definition) is 1. The molecule has 1 N–H and O–H groups in total. The lowest BCUT2D eigenvalue weighted by Crippen LogP contribution is -2.27. The van der Waals surface area contributed by atoms with Crippen LogP contribution in [0.15, 0.2) is 66.9 Å². The molecule has 3 aromatic rings. The van der Waals surface area contributed by atoms with Gasteiger partial charge >= 0.3 is 0 Å². The Morgan fingerprint density at radius 2 is 1.93 bits per heavy atom. The van der Waals surface area contributed by atoms with Crippen molar-refractivity contribution in [1.82, 2.24) is 10.3 Å². The van der Waals surface area contributed by atoms with Gasteiger partial charge in [-0.3, -0.25) is 4.79 Å². The molecule has 2 heterocycles. The molecule has 0 spiro atoms. The largest absolute Gasteiger partial charge is 0.348 e. The van der Waals surface area contributed by atoms with Crippen LogP contribution >= 0.6 is 0 Å². The molecule has 1 aliphatic rings. The number of benzene rings is 2. The molecule has 1 amide bonds. The zero-order valence-corrected chi connectivity index (χ0v) is 15.5. The first-order valence-corrected chi connectivity index (χ1v) is 9.36. The maximum atomic E-state index is 12.7. The third kappa shape index (κ3) is 3.70. The van der Waals surface area contributed by atoms with Crippen LogP contribution in [0.5, 0.6) is 0 Å². The van der Waals surface area contributed by atoms with E-state index in [0.717, 1.165) is 30.8 Å². The Hall–Kier alpha value is -3.14. The number of carbonyl (C=O) groups excluding carboxylic acids is 1. The second-order valence-corrected chi connectivity index (χ2v) is 6.90. The summed E-state index contributed by atoms with van der Waals surface area (Å²) in [6.07, 6.45) is 3.89. The van der Waals surface area contributed by atoms with E-state index in [1.165, 1.54) is 16.8 Å². The Bertz CT molecular complexity index is 967. The van der Waals surface area contributed by atoms with E-state index in [-0.39, 0.29) is 5.91 Å². The number of aromatic nitrogens is 1. The molecule has 0 saturated carbocycles. The second-order valence-electron chi connectivity index (χ2n) is 6.90. The molecule has 0 unspecified atom stereocenters. The minimum Gasteiger partial charge on any atom is -0.348 e. The third-order valence-corrected chi connectivity index (χ3v) is 5.10. The minimum absolute atomic E-state index is 0.0767. The monoisotopic (exact) mass is 357 g/mol. The lowest BCUT2D eigenvalue weighted by Gasteiger charge is -2.30. The van der Waals surface area contributed by atoms with Gasteiger partial charge in [0.1, 0.15) is 5.82 Å². The standard InChI is InChI=1S/C23H23N3O/c1-17-7-2-3-9-20(17)16-25-23(27)19-12-13-24-22(15-19)26-14-6-10-18-8-4-5-11-21(18)26/h2-5,7-9,11-13,15H,6,10,14,16H2,1H3,(H,25,27). The van der Waals surface area contributed by atoms with Gasteiger partial charge in [0.05, 0.1) is 0 Å². The highest BCUT2D eigenvalue weighted by atomic mass is 16.1. The summed E-state index contributed by atoms with van der Waals surface area (Å²) in [4.78, 5) is 19.4. The van der Waals surface area contributed by atoms with Crippen molar-refractivity contribution in [2.45, 2.75) is 26.3 Å². The van der Waals surface area contributed by atoms with E-state index in [2.05, 4.69) is 52.5 Å². The van der Waals surface area contributed by atoms with Gasteiger partial charge in [0.15, 0.2) is 0 Å². The van der Waals surface area contributed by atoms with Gasteiger partial charge in [-0.25, -0.2) is 4.98 Å². The second kappa shape index (κ2) is 7.62. The van der Waals surface area contributed by atoms with Crippen molar-refractivity contribution >= 4 is 17.4 Å². The lowest BCUT2D eigenvalue weighted by molar-refractivity contribution is 0.0951. The number of aryl methyl sites for hydroxylation is 2. The van der Waals surface area contributed by atoms with Crippen LogP contribution in [-0.4, -0.2) is 17.4 Å². The highest BCUT2D eigenvalue weighted by Gasteiger charge is 2.19. The molecule has 2 aromatic carbocycles. The van der Waals surface area contributed by atoms with E-state index >= 15 is 0 Å². The molecule has 1 aliphatic heterocycles. The maximum absolute atomic E-state index is 12.7. The fourth-order valence-corrected chi connectivity index (χ4v) is 3.56. The van der Waals surface area contributed by atoms with Crippen LogP contribution in [0.1, 0.15) is 33.5 Å². The molecule has 0 saturated heterocycles. The molecule has 27 heavy (non-hydrogen) atoms. The van der Waals surface area contributed by atoms with E-state index in [1.807, 2.05) is 24.3 Å². The number of carbonyl (C=O) groups is 1. The summed E-state index contributed by atoms with van der Waals surface area (Å²) in [6.45, 7) is 3.49. The van der Waals surface area contributed by atoms with Gasteiger partial charge in [-0.05, 0) is 54.7 Å². The van der Waals surface area contributed by atoms with E-state index in [0.29, 0.717) is 12.1 Å². The topological polar surface area (TPSA) is 45.2 Å². The first-order valence-electron chi connectivity index (χ1n) is 9.36. The fourth-order valence-electron chi connectivity index (χ4n) is 3.56.